The maximum Gasteiger partial charge on any atom is 0.225 e. The van der Waals surface area contributed by atoms with E-state index in [-0.39, 0.29) is 17.7 Å². The quantitative estimate of drug-likeness (QED) is 0.857. The van der Waals surface area contributed by atoms with Crippen molar-refractivity contribution in [1.82, 2.24) is 15.2 Å². The van der Waals surface area contributed by atoms with Gasteiger partial charge in [0.25, 0.3) is 0 Å². The number of amides is 2. The predicted molar refractivity (Wildman–Crippen MR) is 82.2 cm³/mol. The lowest BCUT2D eigenvalue weighted by Crippen LogP contribution is -2.33. The summed E-state index contributed by atoms with van der Waals surface area (Å²) in [6.07, 6.45) is 1.98. The molecule has 0 radical (unpaired) electrons. The summed E-state index contributed by atoms with van der Waals surface area (Å²) in [7, 11) is 1.56. The van der Waals surface area contributed by atoms with Crippen molar-refractivity contribution in [2.45, 2.75) is 26.8 Å². The monoisotopic (exact) mass is 305 g/mol. The SMILES string of the molecule is COc1ccc(CNC(=O)[C@H]2CC(=O)N(CC(C)C)C2)cn1. The van der Waals surface area contributed by atoms with Crippen molar-refractivity contribution in [3.8, 4) is 5.88 Å². The van der Waals surface area contributed by atoms with Crippen molar-refractivity contribution >= 4 is 11.8 Å². The molecule has 0 spiro atoms. The van der Waals surface area contributed by atoms with E-state index in [2.05, 4.69) is 24.1 Å². The predicted octanol–water partition coefficient (Wildman–Crippen LogP) is 1.21. The van der Waals surface area contributed by atoms with Crippen LogP contribution in [-0.4, -0.2) is 41.9 Å². The zero-order valence-electron chi connectivity index (χ0n) is 13.3. The van der Waals surface area contributed by atoms with Crippen LogP contribution in [0.2, 0.25) is 0 Å². The molecule has 1 saturated heterocycles. The molecule has 1 aliphatic heterocycles. The second-order valence-corrected chi connectivity index (χ2v) is 6.02. The molecule has 0 aromatic carbocycles. The Bertz CT molecular complexity index is 528. The number of carbonyl (C=O) groups is 2. The van der Waals surface area contributed by atoms with Gasteiger partial charge in [0.2, 0.25) is 17.7 Å². The second-order valence-electron chi connectivity index (χ2n) is 6.02. The minimum Gasteiger partial charge on any atom is -0.481 e. The fourth-order valence-corrected chi connectivity index (χ4v) is 2.53. The molecular weight excluding hydrogens is 282 g/mol. The Balaban J connectivity index is 1.83. The summed E-state index contributed by atoms with van der Waals surface area (Å²) in [6.45, 7) is 5.77. The topological polar surface area (TPSA) is 71.5 Å². The van der Waals surface area contributed by atoms with Crippen LogP contribution in [0.4, 0.5) is 0 Å². The summed E-state index contributed by atoms with van der Waals surface area (Å²) < 4.78 is 4.99. The second kappa shape index (κ2) is 7.24. The Morgan fingerprint density at radius 3 is 2.86 bits per heavy atom. The number of likely N-dealkylation sites (tertiary alicyclic amines) is 1. The fraction of sp³-hybridized carbons (Fsp3) is 0.562. The van der Waals surface area contributed by atoms with Crippen LogP contribution in [0.15, 0.2) is 18.3 Å². The van der Waals surface area contributed by atoms with Gasteiger partial charge >= 0.3 is 0 Å². The summed E-state index contributed by atoms with van der Waals surface area (Å²) in [4.78, 5) is 30.0. The Hall–Kier alpha value is -2.11. The molecule has 1 atom stereocenters. The van der Waals surface area contributed by atoms with Gasteiger partial charge in [-0.1, -0.05) is 19.9 Å². The minimum absolute atomic E-state index is 0.0694. The van der Waals surface area contributed by atoms with Gasteiger partial charge in [0.15, 0.2) is 0 Å². The number of hydrogen-bond acceptors (Lipinski definition) is 4. The maximum atomic E-state index is 12.2. The summed E-state index contributed by atoms with van der Waals surface area (Å²) >= 11 is 0. The smallest absolute Gasteiger partial charge is 0.225 e. The molecule has 2 amide bonds. The molecule has 0 bridgehead atoms. The van der Waals surface area contributed by atoms with Crippen molar-refractivity contribution in [2.75, 3.05) is 20.2 Å². The Morgan fingerprint density at radius 2 is 2.27 bits per heavy atom. The largest absolute Gasteiger partial charge is 0.481 e. The zero-order valence-corrected chi connectivity index (χ0v) is 13.3. The van der Waals surface area contributed by atoms with E-state index in [1.807, 2.05) is 6.07 Å². The van der Waals surface area contributed by atoms with Crippen LogP contribution in [0.3, 0.4) is 0 Å². The van der Waals surface area contributed by atoms with Gasteiger partial charge in [-0.3, -0.25) is 9.59 Å². The third kappa shape index (κ3) is 4.19. The summed E-state index contributed by atoms with van der Waals surface area (Å²) in [5.74, 6) is 0.699. The van der Waals surface area contributed by atoms with Gasteiger partial charge in [-0.15, -0.1) is 0 Å². The van der Waals surface area contributed by atoms with Gasteiger partial charge in [0.1, 0.15) is 0 Å². The number of aromatic nitrogens is 1. The molecule has 1 aromatic rings. The van der Waals surface area contributed by atoms with Crippen molar-refractivity contribution in [1.29, 1.82) is 0 Å². The van der Waals surface area contributed by atoms with Gasteiger partial charge < -0.3 is 15.0 Å². The Labute approximate surface area is 130 Å². The Kier molecular flexibility index (Phi) is 5.35. The van der Waals surface area contributed by atoms with Crippen molar-refractivity contribution < 1.29 is 14.3 Å². The lowest BCUT2D eigenvalue weighted by molar-refractivity contribution is -0.129. The number of rotatable bonds is 6. The Morgan fingerprint density at radius 1 is 1.50 bits per heavy atom. The standard InChI is InChI=1S/C16H23N3O3/c1-11(2)9-19-10-13(6-15(19)20)16(21)18-8-12-4-5-14(22-3)17-7-12/h4-5,7,11,13H,6,8-10H2,1-3H3,(H,18,21)/t13-/m0/s1. The van der Waals surface area contributed by atoms with Crippen LogP contribution in [0.5, 0.6) is 5.88 Å². The number of methoxy groups -OCH3 is 1. The molecule has 2 rings (SSSR count). The molecule has 1 fully saturated rings. The molecule has 1 N–H and O–H groups in total. The molecular formula is C16H23N3O3. The average Bonchev–Trinajstić information content (AvgIpc) is 2.86. The first-order chi connectivity index (χ1) is 10.5. The molecule has 6 heteroatoms. The first kappa shape index (κ1) is 16.3. The van der Waals surface area contributed by atoms with Gasteiger partial charge in [0.05, 0.1) is 13.0 Å². The normalized spacial score (nSPS) is 17.9. The van der Waals surface area contributed by atoms with Crippen molar-refractivity contribution in [3.63, 3.8) is 0 Å². The first-order valence-electron chi connectivity index (χ1n) is 7.54. The first-order valence-corrected chi connectivity index (χ1v) is 7.54. The van der Waals surface area contributed by atoms with E-state index in [9.17, 15) is 9.59 Å². The number of carbonyl (C=O) groups excluding carboxylic acids is 2. The van der Waals surface area contributed by atoms with E-state index < -0.39 is 0 Å². The summed E-state index contributed by atoms with van der Waals surface area (Å²) in [5.41, 5.74) is 0.900. The minimum atomic E-state index is -0.252. The molecule has 1 aromatic heterocycles. The van der Waals surface area contributed by atoms with E-state index in [1.165, 1.54) is 0 Å². The molecule has 22 heavy (non-hydrogen) atoms. The van der Waals surface area contributed by atoms with E-state index >= 15 is 0 Å². The van der Waals surface area contributed by atoms with Crippen LogP contribution in [-0.2, 0) is 16.1 Å². The van der Waals surface area contributed by atoms with E-state index in [1.54, 1.807) is 24.3 Å². The molecule has 0 saturated carbocycles. The highest BCUT2D eigenvalue weighted by Gasteiger charge is 2.34. The molecule has 6 nitrogen and oxygen atoms in total. The molecule has 120 valence electrons. The van der Waals surface area contributed by atoms with Gasteiger partial charge in [-0.05, 0) is 11.5 Å². The number of nitrogens with zero attached hydrogens (tertiary/aromatic N) is 2. The zero-order chi connectivity index (χ0) is 16.1. The van der Waals surface area contributed by atoms with Crippen molar-refractivity contribution in [3.05, 3.63) is 23.9 Å². The van der Waals surface area contributed by atoms with Crippen LogP contribution >= 0.6 is 0 Å². The van der Waals surface area contributed by atoms with E-state index in [0.717, 1.165) is 5.56 Å². The molecule has 0 unspecified atom stereocenters. The van der Waals surface area contributed by atoms with Gasteiger partial charge in [0, 0.05) is 38.3 Å². The highest BCUT2D eigenvalue weighted by Crippen LogP contribution is 2.19. The number of nitrogens with one attached hydrogen (secondary N) is 1. The number of hydrogen-bond donors (Lipinski definition) is 1. The highest BCUT2D eigenvalue weighted by molar-refractivity contribution is 5.89. The fourth-order valence-electron chi connectivity index (χ4n) is 2.53. The van der Waals surface area contributed by atoms with E-state index in [0.29, 0.717) is 37.9 Å². The molecule has 1 aliphatic rings. The maximum absolute atomic E-state index is 12.2. The van der Waals surface area contributed by atoms with Gasteiger partial charge in [-0.2, -0.15) is 0 Å². The van der Waals surface area contributed by atoms with E-state index in [4.69, 9.17) is 4.74 Å². The highest BCUT2D eigenvalue weighted by atomic mass is 16.5. The average molecular weight is 305 g/mol. The summed E-state index contributed by atoms with van der Waals surface area (Å²) in [5, 5.41) is 2.87. The number of pyridine rings is 1. The number of ether oxygens (including phenoxy) is 1. The lowest BCUT2D eigenvalue weighted by atomic mass is 10.1. The van der Waals surface area contributed by atoms with Crippen LogP contribution in [0.25, 0.3) is 0 Å². The third-order valence-corrected chi connectivity index (χ3v) is 3.64. The molecule has 0 aliphatic carbocycles. The van der Waals surface area contributed by atoms with Crippen LogP contribution in [0.1, 0.15) is 25.8 Å². The molecule has 2 heterocycles. The lowest BCUT2D eigenvalue weighted by Gasteiger charge is -2.18. The third-order valence-electron chi connectivity index (χ3n) is 3.64. The van der Waals surface area contributed by atoms with Gasteiger partial charge in [-0.25, -0.2) is 4.98 Å². The summed E-state index contributed by atoms with van der Waals surface area (Å²) in [6, 6.07) is 3.61. The van der Waals surface area contributed by atoms with Crippen LogP contribution in [0, 0.1) is 11.8 Å². The van der Waals surface area contributed by atoms with Crippen molar-refractivity contribution in [2.24, 2.45) is 11.8 Å². The van der Waals surface area contributed by atoms with Crippen LogP contribution < -0.4 is 10.1 Å².